The summed E-state index contributed by atoms with van der Waals surface area (Å²) in [5.74, 6) is 0. The van der Waals surface area contributed by atoms with Gasteiger partial charge in [0.1, 0.15) is 0 Å². The van der Waals surface area contributed by atoms with Crippen molar-refractivity contribution in [3.63, 3.8) is 0 Å². The van der Waals surface area contributed by atoms with E-state index in [1.54, 1.807) is 0 Å². The molecule has 0 amide bonds. The first-order chi connectivity index (χ1) is 6.24. The molecule has 2 fully saturated rings. The number of rotatable bonds is 2. The summed E-state index contributed by atoms with van der Waals surface area (Å²) in [6.07, 6.45) is 2.80. The Balaban J connectivity index is 2.03. The molecule has 2 aliphatic heterocycles. The Kier molecular flexibility index (Phi) is 2.61. The maximum absolute atomic E-state index is 2.69. The molecule has 0 aromatic heterocycles. The van der Waals surface area contributed by atoms with Crippen molar-refractivity contribution in [1.29, 1.82) is 0 Å². The maximum Gasteiger partial charge on any atom is 0.0266 e. The van der Waals surface area contributed by atoms with Crippen molar-refractivity contribution in [1.82, 2.24) is 9.80 Å². The van der Waals surface area contributed by atoms with Crippen LogP contribution in [-0.2, 0) is 0 Å². The Hall–Kier alpha value is -0.0800. The molecule has 2 saturated heterocycles. The minimum absolute atomic E-state index is 0.742. The zero-order chi connectivity index (χ0) is 9.42. The highest BCUT2D eigenvalue weighted by molar-refractivity contribution is 4.99. The summed E-state index contributed by atoms with van der Waals surface area (Å²) in [5, 5.41) is 0. The molecule has 0 saturated carbocycles. The molecule has 2 nitrogen and oxygen atoms in total. The minimum atomic E-state index is 0.742. The van der Waals surface area contributed by atoms with Crippen LogP contribution in [0.5, 0.6) is 0 Å². The summed E-state index contributed by atoms with van der Waals surface area (Å²) in [6, 6.07) is 2.50. The second kappa shape index (κ2) is 3.58. The molecule has 2 atom stereocenters. The Morgan fingerprint density at radius 1 is 1.15 bits per heavy atom. The molecule has 0 spiro atoms. The lowest BCUT2D eigenvalue weighted by atomic mass is 10.1. The molecule has 2 heterocycles. The molecule has 0 bridgehead atoms. The van der Waals surface area contributed by atoms with Crippen molar-refractivity contribution in [3.8, 4) is 0 Å². The van der Waals surface area contributed by atoms with Crippen LogP contribution < -0.4 is 0 Å². The van der Waals surface area contributed by atoms with E-state index in [0.29, 0.717) is 0 Å². The summed E-state index contributed by atoms with van der Waals surface area (Å²) in [7, 11) is 0. The van der Waals surface area contributed by atoms with Crippen molar-refractivity contribution in [3.05, 3.63) is 0 Å². The molecule has 0 N–H and O–H groups in total. The fourth-order valence-corrected chi connectivity index (χ4v) is 3.14. The fraction of sp³-hybridized carbons (Fsp3) is 1.00. The minimum Gasteiger partial charge on any atom is -0.299 e. The lowest BCUT2D eigenvalue weighted by Gasteiger charge is -2.27. The summed E-state index contributed by atoms with van der Waals surface area (Å²) >= 11 is 0. The van der Waals surface area contributed by atoms with Crippen molar-refractivity contribution < 1.29 is 0 Å². The molecular weight excluding hydrogens is 160 g/mol. The average Bonchev–Trinajstić information content (AvgIpc) is 2.61. The average molecular weight is 182 g/mol. The lowest BCUT2D eigenvalue weighted by Crippen LogP contribution is -2.39. The predicted octanol–water partition coefficient (Wildman–Crippen LogP) is 1.56. The van der Waals surface area contributed by atoms with Crippen molar-refractivity contribution in [2.24, 2.45) is 0 Å². The monoisotopic (exact) mass is 182 g/mol. The molecule has 0 radical (unpaired) electrons. The smallest absolute Gasteiger partial charge is 0.0266 e. The van der Waals surface area contributed by atoms with Gasteiger partial charge in [0.05, 0.1) is 0 Å². The van der Waals surface area contributed by atoms with Gasteiger partial charge in [-0.1, -0.05) is 6.92 Å². The van der Waals surface area contributed by atoms with Crippen LogP contribution in [0, 0.1) is 0 Å². The molecule has 2 heteroatoms. The van der Waals surface area contributed by atoms with Gasteiger partial charge in [-0.15, -0.1) is 0 Å². The van der Waals surface area contributed by atoms with Gasteiger partial charge in [0.2, 0.25) is 0 Å². The van der Waals surface area contributed by atoms with Crippen LogP contribution in [0.25, 0.3) is 0 Å². The second-order valence-corrected chi connectivity index (χ2v) is 4.67. The largest absolute Gasteiger partial charge is 0.299 e. The molecule has 76 valence electrons. The van der Waals surface area contributed by atoms with Crippen LogP contribution in [-0.4, -0.2) is 47.6 Å². The zero-order valence-corrected chi connectivity index (χ0v) is 9.16. The van der Waals surface area contributed by atoms with E-state index < -0.39 is 0 Å². The van der Waals surface area contributed by atoms with Gasteiger partial charge in [-0.2, -0.15) is 0 Å². The summed E-state index contributed by atoms with van der Waals surface area (Å²) in [4.78, 5) is 5.35. The van der Waals surface area contributed by atoms with Crippen molar-refractivity contribution >= 4 is 0 Å². The number of hydrogen-bond acceptors (Lipinski definition) is 2. The molecule has 2 rings (SSSR count). The summed E-state index contributed by atoms with van der Waals surface area (Å²) < 4.78 is 0. The van der Waals surface area contributed by atoms with Gasteiger partial charge < -0.3 is 0 Å². The van der Waals surface area contributed by atoms with Crippen molar-refractivity contribution in [2.45, 2.75) is 51.7 Å². The highest BCUT2D eigenvalue weighted by Crippen LogP contribution is 2.32. The fourth-order valence-electron chi connectivity index (χ4n) is 3.14. The van der Waals surface area contributed by atoms with Gasteiger partial charge >= 0.3 is 0 Å². The van der Waals surface area contributed by atoms with Crippen LogP contribution in [0.3, 0.4) is 0 Å². The van der Waals surface area contributed by atoms with E-state index in [2.05, 4.69) is 30.6 Å². The lowest BCUT2D eigenvalue weighted by molar-refractivity contribution is 0.191. The maximum atomic E-state index is 2.69. The molecule has 2 unspecified atom stereocenters. The normalized spacial score (nSPS) is 36.0. The molecule has 0 aliphatic carbocycles. The van der Waals surface area contributed by atoms with Crippen LogP contribution in [0.2, 0.25) is 0 Å². The molecule has 0 aromatic carbocycles. The zero-order valence-electron chi connectivity index (χ0n) is 9.16. The van der Waals surface area contributed by atoms with Gasteiger partial charge in [-0.25, -0.2) is 0 Å². The first-order valence-electron chi connectivity index (χ1n) is 5.73. The van der Waals surface area contributed by atoms with Crippen LogP contribution in [0.4, 0.5) is 0 Å². The SMILES string of the molecule is CCN1CCC2C1CCN2C(C)C. The number of fused-ring (bicyclic) bond motifs is 1. The standard InChI is InChI=1S/C11H22N2/c1-4-12-7-5-11-10(12)6-8-13(11)9(2)3/h9-11H,4-8H2,1-3H3. The highest BCUT2D eigenvalue weighted by Gasteiger charge is 2.42. The summed E-state index contributed by atoms with van der Waals surface area (Å²) in [5.41, 5.74) is 0. The second-order valence-electron chi connectivity index (χ2n) is 4.67. The van der Waals surface area contributed by atoms with E-state index in [4.69, 9.17) is 0 Å². The first-order valence-corrected chi connectivity index (χ1v) is 5.73. The van der Waals surface area contributed by atoms with E-state index in [0.717, 1.165) is 18.1 Å². The van der Waals surface area contributed by atoms with E-state index in [1.165, 1.54) is 32.5 Å². The third kappa shape index (κ3) is 1.50. The first kappa shape index (κ1) is 9.47. The van der Waals surface area contributed by atoms with Crippen molar-refractivity contribution in [2.75, 3.05) is 19.6 Å². The van der Waals surface area contributed by atoms with Crippen LogP contribution in [0.1, 0.15) is 33.6 Å². The number of nitrogens with zero attached hydrogens (tertiary/aromatic N) is 2. The molecule has 0 aromatic rings. The number of hydrogen-bond donors (Lipinski definition) is 0. The van der Waals surface area contributed by atoms with E-state index in [1.807, 2.05) is 0 Å². The van der Waals surface area contributed by atoms with Gasteiger partial charge in [0, 0.05) is 31.2 Å². The van der Waals surface area contributed by atoms with Gasteiger partial charge in [0.15, 0.2) is 0 Å². The third-order valence-electron chi connectivity index (χ3n) is 3.80. The van der Waals surface area contributed by atoms with Crippen LogP contribution >= 0.6 is 0 Å². The van der Waals surface area contributed by atoms with E-state index >= 15 is 0 Å². The Labute approximate surface area is 81.9 Å². The highest BCUT2D eigenvalue weighted by atomic mass is 15.3. The summed E-state index contributed by atoms with van der Waals surface area (Å²) in [6.45, 7) is 10.8. The number of likely N-dealkylation sites (N-methyl/N-ethyl adjacent to an activating group) is 1. The topological polar surface area (TPSA) is 6.48 Å². The van der Waals surface area contributed by atoms with E-state index in [-0.39, 0.29) is 0 Å². The molecule has 2 aliphatic rings. The van der Waals surface area contributed by atoms with Gasteiger partial charge in [0.25, 0.3) is 0 Å². The Morgan fingerprint density at radius 2 is 1.85 bits per heavy atom. The van der Waals surface area contributed by atoms with Crippen LogP contribution in [0.15, 0.2) is 0 Å². The van der Waals surface area contributed by atoms with Gasteiger partial charge in [-0.3, -0.25) is 9.80 Å². The van der Waals surface area contributed by atoms with Gasteiger partial charge in [-0.05, 0) is 33.2 Å². The predicted molar refractivity (Wildman–Crippen MR) is 55.9 cm³/mol. The molecule has 13 heavy (non-hydrogen) atoms. The molecular formula is C11H22N2. The Morgan fingerprint density at radius 3 is 2.46 bits per heavy atom. The Bertz CT molecular complexity index is 179. The quantitative estimate of drug-likeness (QED) is 0.639. The van der Waals surface area contributed by atoms with E-state index in [9.17, 15) is 0 Å². The third-order valence-corrected chi connectivity index (χ3v) is 3.80. The number of likely N-dealkylation sites (tertiary alicyclic amines) is 2.